The maximum Gasteiger partial charge on any atom is 0.261 e. The van der Waals surface area contributed by atoms with Crippen LogP contribution in [0.5, 0.6) is 5.75 Å². The molecule has 0 bridgehead atoms. The second-order valence-electron chi connectivity index (χ2n) is 6.58. The van der Waals surface area contributed by atoms with E-state index in [4.69, 9.17) is 4.74 Å². The molecule has 0 saturated carbocycles. The van der Waals surface area contributed by atoms with Gasteiger partial charge in [-0.15, -0.1) is 0 Å². The molecule has 0 aromatic heterocycles. The Hall–Kier alpha value is -3.58. The van der Waals surface area contributed by atoms with Gasteiger partial charge >= 0.3 is 0 Å². The van der Waals surface area contributed by atoms with E-state index in [0.717, 1.165) is 5.56 Å². The Morgan fingerprint density at radius 2 is 1.67 bits per heavy atom. The smallest absolute Gasteiger partial charge is 0.261 e. The Kier molecular flexibility index (Phi) is 6.54. The van der Waals surface area contributed by atoms with E-state index in [1.54, 1.807) is 48.5 Å². The molecule has 3 rings (SSSR count). The quantitative estimate of drug-likeness (QED) is 0.519. The number of hydrogen-bond acceptors (Lipinski definition) is 4. The summed E-state index contributed by atoms with van der Waals surface area (Å²) >= 11 is 0. The van der Waals surface area contributed by atoms with Crippen LogP contribution in [-0.2, 0) is 10.0 Å². The van der Waals surface area contributed by atoms with Crippen molar-refractivity contribution < 1.29 is 17.9 Å². The second kappa shape index (κ2) is 9.28. The number of amides is 1. The normalized spacial score (nSPS) is 10.8. The number of anilines is 2. The Balaban J connectivity index is 1.73. The van der Waals surface area contributed by atoms with Gasteiger partial charge in [0.15, 0.2) is 0 Å². The van der Waals surface area contributed by atoms with Crippen molar-refractivity contribution >= 4 is 27.3 Å². The number of nitrogens with one attached hydrogen (secondary N) is 2. The molecule has 6 nitrogen and oxygen atoms in total. The Morgan fingerprint density at radius 3 is 2.33 bits per heavy atom. The van der Waals surface area contributed by atoms with Crippen LogP contribution in [0.25, 0.3) is 0 Å². The molecule has 0 aliphatic rings. The lowest BCUT2D eigenvalue weighted by atomic mass is 10.2. The largest absolute Gasteiger partial charge is 0.490 e. The van der Waals surface area contributed by atoms with Crippen molar-refractivity contribution in [2.24, 2.45) is 0 Å². The summed E-state index contributed by atoms with van der Waals surface area (Å²) in [6.07, 6.45) is 1.64. The first-order valence-corrected chi connectivity index (χ1v) is 10.7. The van der Waals surface area contributed by atoms with Crippen LogP contribution in [0.2, 0.25) is 0 Å². The maximum atomic E-state index is 12.7. The summed E-state index contributed by atoms with van der Waals surface area (Å²) in [5, 5.41) is 2.75. The van der Waals surface area contributed by atoms with Crippen molar-refractivity contribution in [3.8, 4) is 5.75 Å². The van der Waals surface area contributed by atoms with E-state index in [1.165, 1.54) is 18.2 Å². The third-order valence-corrected chi connectivity index (χ3v) is 5.57. The molecular weight excluding hydrogens is 400 g/mol. The Bertz CT molecular complexity index is 1140. The molecule has 3 aromatic carbocycles. The molecule has 7 heteroatoms. The van der Waals surface area contributed by atoms with E-state index in [1.807, 2.05) is 19.1 Å². The van der Waals surface area contributed by atoms with Crippen molar-refractivity contribution in [3.63, 3.8) is 0 Å². The van der Waals surface area contributed by atoms with Crippen LogP contribution in [0.1, 0.15) is 15.9 Å². The van der Waals surface area contributed by atoms with Crippen LogP contribution in [-0.4, -0.2) is 20.9 Å². The molecule has 154 valence electrons. The summed E-state index contributed by atoms with van der Waals surface area (Å²) in [6.45, 7) is 5.90. The highest BCUT2D eigenvalue weighted by Gasteiger charge is 2.16. The average molecular weight is 423 g/mol. The highest BCUT2D eigenvalue weighted by molar-refractivity contribution is 7.92. The number of carbonyl (C=O) groups is 1. The molecule has 0 fully saturated rings. The minimum atomic E-state index is -3.82. The summed E-state index contributed by atoms with van der Waals surface area (Å²) in [7, 11) is -3.82. The molecular formula is C23H22N2O4S. The van der Waals surface area contributed by atoms with Crippen LogP contribution in [0.15, 0.2) is 90.3 Å². The second-order valence-corrected chi connectivity index (χ2v) is 8.26. The molecule has 0 aliphatic carbocycles. The molecule has 3 aromatic rings. The minimum absolute atomic E-state index is 0.00361. The fraction of sp³-hybridized carbons (Fsp3) is 0.0870. The highest BCUT2D eigenvalue weighted by Crippen LogP contribution is 2.20. The van der Waals surface area contributed by atoms with Gasteiger partial charge in [0.2, 0.25) is 0 Å². The lowest BCUT2D eigenvalue weighted by Crippen LogP contribution is -2.16. The van der Waals surface area contributed by atoms with E-state index in [0.29, 0.717) is 23.7 Å². The number of hydrogen-bond donors (Lipinski definition) is 2. The van der Waals surface area contributed by atoms with Crippen molar-refractivity contribution in [2.75, 3.05) is 16.6 Å². The van der Waals surface area contributed by atoms with Gasteiger partial charge in [0.25, 0.3) is 15.9 Å². The number of rotatable bonds is 8. The summed E-state index contributed by atoms with van der Waals surface area (Å²) in [4.78, 5) is 12.6. The summed E-state index contributed by atoms with van der Waals surface area (Å²) in [5.41, 5.74) is 2.27. The highest BCUT2D eigenvalue weighted by atomic mass is 32.2. The lowest BCUT2D eigenvalue weighted by molar-refractivity contribution is 0.102. The van der Waals surface area contributed by atoms with Crippen molar-refractivity contribution in [2.45, 2.75) is 11.8 Å². The van der Waals surface area contributed by atoms with Crippen LogP contribution < -0.4 is 14.8 Å². The first-order chi connectivity index (χ1) is 14.4. The molecule has 0 radical (unpaired) electrons. The van der Waals surface area contributed by atoms with Crippen molar-refractivity contribution in [3.05, 3.63) is 96.6 Å². The maximum absolute atomic E-state index is 12.7. The van der Waals surface area contributed by atoms with E-state index in [2.05, 4.69) is 16.6 Å². The first kappa shape index (κ1) is 21.1. The van der Waals surface area contributed by atoms with Gasteiger partial charge in [0.05, 0.1) is 4.90 Å². The zero-order chi connectivity index (χ0) is 21.6. The van der Waals surface area contributed by atoms with Gasteiger partial charge in [0.1, 0.15) is 12.4 Å². The standard InChI is InChI=1S/C23H22N2O4S/c1-3-15-29-21-13-11-19(12-14-21)24-23(26)18-5-4-6-22(16-18)30(27,28)25-20-9-7-17(2)8-10-20/h3-14,16,25H,1,15H2,2H3,(H,24,26). The third kappa shape index (κ3) is 5.48. The Morgan fingerprint density at radius 1 is 1.00 bits per heavy atom. The predicted octanol–water partition coefficient (Wildman–Crippen LogP) is 4.61. The van der Waals surface area contributed by atoms with E-state index in [-0.39, 0.29) is 10.5 Å². The average Bonchev–Trinajstić information content (AvgIpc) is 2.75. The number of carbonyl (C=O) groups excluding carboxylic acids is 1. The summed E-state index contributed by atoms with van der Waals surface area (Å²) < 4.78 is 33.3. The zero-order valence-corrected chi connectivity index (χ0v) is 17.3. The van der Waals surface area contributed by atoms with E-state index in [9.17, 15) is 13.2 Å². The minimum Gasteiger partial charge on any atom is -0.490 e. The van der Waals surface area contributed by atoms with Crippen LogP contribution >= 0.6 is 0 Å². The summed E-state index contributed by atoms with van der Waals surface area (Å²) in [6, 6.07) is 19.7. The molecule has 30 heavy (non-hydrogen) atoms. The summed E-state index contributed by atoms with van der Waals surface area (Å²) in [5.74, 6) is 0.241. The molecule has 2 N–H and O–H groups in total. The SMILES string of the molecule is C=CCOc1ccc(NC(=O)c2cccc(S(=O)(=O)Nc3ccc(C)cc3)c2)cc1. The Labute approximate surface area is 176 Å². The van der Waals surface area contributed by atoms with Gasteiger partial charge in [0, 0.05) is 16.9 Å². The molecule has 0 heterocycles. The molecule has 0 atom stereocenters. The topological polar surface area (TPSA) is 84.5 Å². The van der Waals surface area contributed by atoms with E-state index < -0.39 is 15.9 Å². The predicted molar refractivity (Wildman–Crippen MR) is 119 cm³/mol. The monoisotopic (exact) mass is 422 g/mol. The van der Waals surface area contributed by atoms with Gasteiger partial charge in [-0.1, -0.05) is 36.4 Å². The molecule has 1 amide bonds. The number of sulfonamides is 1. The number of benzene rings is 3. The van der Waals surface area contributed by atoms with Gasteiger partial charge in [-0.2, -0.15) is 0 Å². The zero-order valence-electron chi connectivity index (χ0n) is 16.5. The fourth-order valence-corrected chi connectivity index (χ4v) is 3.74. The molecule has 0 spiro atoms. The van der Waals surface area contributed by atoms with Crippen LogP contribution in [0.3, 0.4) is 0 Å². The van der Waals surface area contributed by atoms with Crippen molar-refractivity contribution in [1.29, 1.82) is 0 Å². The molecule has 0 aliphatic heterocycles. The third-order valence-electron chi connectivity index (χ3n) is 4.19. The van der Waals surface area contributed by atoms with Crippen LogP contribution in [0.4, 0.5) is 11.4 Å². The fourth-order valence-electron chi connectivity index (χ4n) is 2.63. The number of aryl methyl sites for hydroxylation is 1. The van der Waals surface area contributed by atoms with Gasteiger partial charge < -0.3 is 10.1 Å². The van der Waals surface area contributed by atoms with Crippen LogP contribution in [0, 0.1) is 6.92 Å². The lowest BCUT2D eigenvalue weighted by Gasteiger charge is -2.10. The van der Waals surface area contributed by atoms with Gasteiger partial charge in [-0.05, 0) is 61.5 Å². The number of ether oxygens (including phenoxy) is 1. The molecule has 0 unspecified atom stereocenters. The first-order valence-electron chi connectivity index (χ1n) is 9.22. The molecule has 0 saturated heterocycles. The van der Waals surface area contributed by atoms with Gasteiger partial charge in [-0.3, -0.25) is 9.52 Å². The van der Waals surface area contributed by atoms with Crippen molar-refractivity contribution in [1.82, 2.24) is 0 Å². The van der Waals surface area contributed by atoms with E-state index >= 15 is 0 Å². The van der Waals surface area contributed by atoms with Gasteiger partial charge in [-0.25, -0.2) is 8.42 Å².